The van der Waals surface area contributed by atoms with E-state index >= 15 is 0 Å². The summed E-state index contributed by atoms with van der Waals surface area (Å²) in [6.45, 7) is 2.06. The fraction of sp³-hybridized carbons (Fsp3) is 0.278. The fourth-order valence-electron chi connectivity index (χ4n) is 3.06. The number of piperidine rings is 1. The summed E-state index contributed by atoms with van der Waals surface area (Å²) in [7, 11) is 0. The summed E-state index contributed by atoms with van der Waals surface area (Å²) in [4.78, 5) is 0. The quantitative estimate of drug-likeness (QED) is 0.448. The van der Waals surface area contributed by atoms with E-state index in [1.165, 1.54) is 0 Å². The van der Waals surface area contributed by atoms with Gasteiger partial charge in [-0.1, -0.05) is 6.07 Å². The van der Waals surface area contributed by atoms with Gasteiger partial charge < -0.3 is 15.7 Å². The number of hydrogen-bond acceptors (Lipinski definition) is 6. The Morgan fingerprint density at radius 1 is 0.931 bits per heavy atom. The molecule has 0 atom stereocenters. The highest BCUT2D eigenvalue weighted by Gasteiger charge is 2.14. The van der Waals surface area contributed by atoms with Crippen LogP contribution in [0, 0.1) is 0 Å². The first kappa shape index (κ1) is 27.2. The van der Waals surface area contributed by atoms with Gasteiger partial charge in [0, 0.05) is 23.4 Å². The molecule has 4 N–H and O–H groups in total. The number of anilines is 1. The lowest BCUT2D eigenvalue weighted by molar-refractivity contribution is 0.476. The van der Waals surface area contributed by atoms with Gasteiger partial charge in [-0.3, -0.25) is 5.10 Å². The molecule has 1 aromatic carbocycles. The van der Waals surface area contributed by atoms with E-state index in [2.05, 4.69) is 31.0 Å². The zero-order chi connectivity index (χ0) is 17.1. The molecule has 4 rings (SSSR count). The van der Waals surface area contributed by atoms with E-state index in [9.17, 15) is 5.11 Å². The normalized spacial score (nSPS) is 13.1. The Morgan fingerprint density at radius 3 is 2.28 bits per heavy atom. The lowest BCUT2D eigenvalue weighted by Gasteiger charge is -2.23. The third-order valence-corrected chi connectivity index (χ3v) is 4.46. The van der Waals surface area contributed by atoms with Crippen LogP contribution in [0.4, 0.5) is 5.82 Å². The molecule has 1 aliphatic rings. The van der Waals surface area contributed by atoms with E-state index in [1.807, 2.05) is 24.3 Å². The number of aromatic amines is 1. The zero-order valence-electron chi connectivity index (χ0n) is 15.4. The van der Waals surface area contributed by atoms with Gasteiger partial charge in [0.15, 0.2) is 0 Å². The molecule has 1 fully saturated rings. The molecular formula is C18H24Cl4N6O. The van der Waals surface area contributed by atoms with Gasteiger partial charge in [0.1, 0.15) is 11.6 Å². The van der Waals surface area contributed by atoms with Crippen LogP contribution in [0.15, 0.2) is 42.7 Å². The number of rotatable bonds is 4. The van der Waals surface area contributed by atoms with Crippen molar-refractivity contribution >= 4 is 55.4 Å². The van der Waals surface area contributed by atoms with E-state index in [0.29, 0.717) is 17.3 Å². The van der Waals surface area contributed by atoms with Gasteiger partial charge >= 0.3 is 0 Å². The van der Waals surface area contributed by atoms with Crippen molar-refractivity contribution in [1.29, 1.82) is 0 Å². The van der Waals surface area contributed by atoms with Gasteiger partial charge in [0.2, 0.25) is 0 Å². The first-order chi connectivity index (χ1) is 12.3. The second-order valence-electron chi connectivity index (χ2n) is 6.19. The van der Waals surface area contributed by atoms with Crippen molar-refractivity contribution < 1.29 is 5.11 Å². The molecule has 7 nitrogen and oxygen atoms in total. The number of hydrogen-bond donors (Lipinski definition) is 4. The van der Waals surface area contributed by atoms with Crippen LogP contribution in [0.3, 0.4) is 0 Å². The average Bonchev–Trinajstić information content (AvgIpc) is 3.18. The molecule has 0 aliphatic carbocycles. The first-order valence-electron chi connectivity index (χ1n) is 8.43. The molecule has 0 unspecified atom stereocenters. The van der Waals surface area contributed by atoms with Crippen LogP contribution in [0.5, 0.6) is 5.75 Å². The smallest absolute Gasteiger partial charge is 0.148 e. The third kappa shape index (κ3) is 6.62. The van der Waals surface area contributed by atoms with Crippen LogP contribution in [0.25, 0.3) is 22.4 Å². The monoisotopic (exact) mass is 480 g/mol. The standard InChI is InChI=1S/C18H20N6O.4ClH/c25-17-9-12(13-10-20-21-11-13)1-2-15(17)16-3-4-18(24-23-16)22-14-5-7-19-8-6-14;;;;/h1-4,9-11,14,19,25H,5-8H2,(H,20,21)(H,22,24);4*1H. The van der Waals surface area contributed by atoms with Crippen LogP contribution in [-0.4, -0.2) is 44.6 Å². The predicted molar refractivity (Wildman–Crippen MR) is 125 cm³/mol. The Hall–Kier alpha value is -1.77. The number of phenolic OH excluding ortho intramolecular Hbond substituents is 1. The van der Waals surface area contributed by atoms with E-state index in [1.54, 1.807) is 18.5 Å². The topological polar surface area (TPSA) is 98.8 Å². The maximum atomic E-state index is 10.4. The number of aromatic nitrogens is 4. The SMILES string of the molecule is Cl.Cl.Cl.Cl.Oc1cc(-c2cn[nH]c2)ccc1-c1ccc(NC2CCNCC2)nn1. The number of nitrogens with zero attached hydrogens (tertiary/aromatic N) is 3. The largest absolute Gasteiger partial charge is 0.507 e. The zero-order valence-corrected chi connectivity index (χ0v) is 18.6. The van der Waals surface area contributed by atoms with E-state index in [4.69, 9.17) is 0 Å². The molecule has 3 heterocycles. The van der Waals surface area contributed by atoms with E-state index in [-0.39, 0.29) is 55.4 Å². The van der Waals surface area contributed by atoms with Crippen LogP contribution >= 0.6 is 49.6 Å². The minimum absolute atomic E-state index is 0. The Morgan fingerprint density at radius 2 is 1.69 bits per heavy atom. The van der Waals surface area contributed by atoms with Gasteiger partial charge in [-0.25, -0.2) is 0 Å². The number of H-pyrrole nitrogens is 1. The second kappa shape index (κ2) is 12.7. The summed E-state index contributed by atoms with van der Waals surface area (Å²) >= 11 is 0. The molecule has 0 saturated carbocycles. The van der Waals surface area contributed by atoms with Gasteiger partial charge in [-0.2, -0.15) is 5.10 Å². The summed E-state index contributed by atoms with van der Waals surface area (Å²) in [6, 6.07) is 9.72. The Kier molecular flexibility index (Phi) is 11.9. The summed E-state index contributed by atoms with van der Waals surface area (Å²) in [6.07, 6.45) is 5.67. The Balaban J connectivity index is 0.00000196. The lowest BCUT2D eigenvalue weighted by atomic mass is 10.0. The van der Waals surface area contributed by atoms with Crippen molar-refractivity contribution in [1.82, 2.24) is 25.7 Å². The molecule has 1 saturated heterocycles. The molecule has 1 aliphatic heterocycles. The molecular weight excluding hydrogens is 458 g/mol. The predicted octanol–water partition coefficient (Wildman–Crippen LogP) is 4.09. The van der Waals surface area contributed by atoms with Crippen molar-refractivity contribution in [3.63, 3.8) is 0 Å². The third-order valence-electron chi connectivity index (χ3n) is 4.46. The molecule has 11 heteroatoms. The summed E-state index contributed by atoms with van der Waals surface area (Å²) in [5.41, 5.74) is 3.13. The van der Waals surface area contributed by atoms with Crippen LogP contribution in [-0.2, 0) is 0 Å². The Bertz CT molecular complexity index is 842. The number of nitrogens with one attached hydrogen (secondary N) is 3. The van der Waals surface area contributed by atoms with Crippen molar-refractivity contribution in [2.45, 2.75) is 18.9 Å². The molecule has 3 aromatic rings. The highest BCUT2D eigenvalue weighted by molar-refractivity contribution is 5.86. The molecule has 160 valence electrons. The summed E-state index contributed by atoms with van der Waals surface area (Å²) < 4.78 is 0. The minimum Gasteiger partial charge on any atom is -0.507 e. The average molecular weight is 482 g/mol. The molecule has 29 heavy (non-hydrogen) atoms. The second-order valence-corrected chi connectivity index (χ2v) is 6.19. The highest BCUT2D eigenvalue weighted by atomic mass is 35.5. The number of aromatic hydroxyl groups is 1. The number of halogens is 4. The van der Waals surface area contributed by atoms with Crippen molar-refractivity contribution in [2.75, 3.05) is 18.4 Å². The summed E-state index contributed by atoms with van der Waals surface area (Å²) in [5.74, 6) is 0.942. The van der Waals surface area contributed by atoms with E-state index < -0.39 is 0 Å². The van der Waals surface area contributed by atoms with Crippen LogP contribution in [0.2, 0.25) is 0 Å². The maximum absolute atomic E-state index is 10.4. The molecule has 0 amide bonds. The number of benzene rings is 1. The summed E-state index contributed by atoms with van der Waals surface area (Å²) in [5, 5.41) is 32.3. The van der Waals surface area contributed by atoms with Crippen molar-refractivity contribution in [3.8, 4) is 28.1 Å². The maximum Gasteiger partial charge on any atom is 0.148 e. The molecule has 2 aromatic heterocycles. The molecule has 0 radical (unpaired) electrons. The highest BCUT2D eigenvalue weighted by Crippen LogP contribution is 2.32. The van der Waals surface area contributed by atoms with Gasteiger partial charge in [0.25, 0.3) is 0 Å². The van der Waals surface area contributed by atoms with Gasteiger partial charge in [-0.15, -0.1) is 59.8 Å². The molecule has 0 spiro atoms. The van der Waals surface area contributed by atoms with Gasteiger partial charge in [-0.05, 0) is 55.8 Å². The van der Waals surface area contributed by atoms with Crippen molar-refractivity contribution in [3.05, 3.63) is 42.7 Å². The fourth-order valence-corrected chi connectivity index (χ4v) is 3.06. The van der Waals surface area contributed by atoms with Crippen LogP contribution < -0.4 is 10.6 Å². The lowest BCUT2D eigenvalue weighted by Crippen LogP contribution is -2.35. The van der Waals surface area contributed by atoms with E-state index in [0.717, 1.165) is 42.9 Å². The Labute approximate surface area is 194 Å². The molecule has 0 bridgehead atoms. The van der Waals surface area contributed by atoms with Crippen LogP contribution in [0.1, 0.15) is 12.8 Å². The van der Waals surface area contributed by atoms with Crippen molar-refractivity contribution in [2.24, 2.45) is 0 Å². The van der Waals surface area contributed by atoms with Gasteiger partial charge in [0.05, 0.1) is 11.9 Å². The minimum atomic E-state index is 0. The number of phenols is 1. The first-order valence-corrected chi connectivity index (χ1v) is 8.43.